The van der Waals surface area contributed by atoms with Crippen LogP contribution in [0.3, 0.4) is 0 Å². The maximum Gasteiger partial charge on any atom is 0.107 e. The van der Waals surface area contributed by atoms with Crippen LogP contribution in [0.5, 0.6) is 0 Å². The summed E-state index contributed by atoms with van der Waals surface area (Å²) in [4.78, 5) is 0. The molecule has 1 aliphatic heterocycles. The molecule has 0 spiro atoms. The Kier molecular flexibility index (Phi) is 3.93. The zero-order chi connectivity index (χ0) is 10.6. The molecule has 2 nitrogen and oxygen atoms in total. The van der Waals surface area contributed by atoms with Gasteiger partial charge >= 0.3 is 0 Å². The number of hydrogen-bond acceptors (Lipinski definition) is 3. The maximum atomic E-state index is 9.35. The molecule has 1 saturated heterocycles. The fourth-order valence-corrected chi connectivity index (χ4v) is 4.12. The van der Waals surface area contributed by atoms with E-state index < -0.39 is 0 Å². The second kappa shape index (κ2) is 5.23. The van der Waals surface area contributed by atoms with E-state index in [1.807, 2.05) is 11.8 Å². The summed E-state index contributed by atoms with van der Waals surface area (Å²) in [5, 5.41) is 10.1. The van der Waals surface area contributed by atoms with Gasteiger partial charge in [-0.3, -0.25) is 0 Å². The lowest BCUT2D eigenvalue weighted by Gasteiger charge is -2.34. The highest BCUT2D eigenvalue weighted by molar-refractivity contribution is 8.01. The number of rotatable bonds is 2. The van der Waals surface area contributed by atoms with Crippen molar-refractivity contribution in [1.82, 2.24) is 0 Å². The van der Waals surface area contributed by atoms with Crippen LogP contribution < -0.4 is 0 Å². The Morgan fingerprint density at radius 3 is 2.40 bits per heavy atom. The smallest absolute Gasteiger partial charge is 0.107 e. The molecule has 2 aliphatic rings. The van der Waals surface area contributed by atoms with Gasteiger partial charge in [-0.05, 0) is 25.7 Å². The number of hydrogen-bond donors (Lipinski definition) is 0. The molecule has 0 aromatic heterocycles. The molecule has 1 saturated carbocycles. The minimum atomic E-state index is -0.125. The van der Waals surface area contributed by atoms with Gasteiger partial charge in [0.1, 0.15) is 4.75 Å². The third-order valence-corrected chi connectivity index (χ3v) is 5.20. The third-order valence-electron chi connectivity index (χ3n) is 3.45. The summed E-state index contributed by atoms with van der Waals surface area (Å²) in [6.45, 7) is 1.54. The van der Waals surface area contributed by atoms with Gasteiger partial charge in [-0.2, -0.15) is 5.26 Å². The van der Waals surface area contributed by atoms with E-state index in [1.165, 1.54) is 32.1 Å². The quantitative estimate of drug-likeness (QED) is 0.724. The van der Waals surface area contributed by atoms with E-state index in [9.17, 15) is 5.26 Å². The molecule has 0 N–H and O–H groups in total. The second-order valence-electron chi connectivity index (χ2n) is 4.60. The molecule has 0 amide bonds. The molecule has 2 fully saturated rings. The Balaban J connectivity index is 1.91. The summed E-state index contributed by atoms with van der Waals surface area (Å²) in [7, 11) is 0. The van der Waals surface area contributed by atoms with Crippen LogP contribution in [0, 0.1) is 11.3 Å². The van der Waals surface area contributed by atoms with E-state index in [0.29, 0.717) is 0 Å². The van der Waals surface area contributed by atoms with Crippen LogP contribution in [0.1, 0.15) is 44.9 Å². The molecule has 0 radical (unpaired) electrons. The van der Waals surface area contributed by atoms with Crippen LogP contribution >= 0.6 is 11.8 Å². The van der Waals surface area contributed by atoms with Crippen molar-refractivity contribution in [2.45, 2.75) is 54.9 Å². The molecule has 1 aliphatic carbocycles. The first-order chi connectivity index (χ1) is 7.35. The monoisotopic (exact) mass is 225 g/mol. The summed E-state index contributed by atoms with van der Waals surface area (Å²) in [5.41, 5.74) is 0. The summed E-state index contributed by atoms with van der Waals surface area (Å²) < 4.78 is 5.23. The predicted octanol–water partition coefficient (Wildman–Crippen LogP) is 3.13. The minimum absolute atomic E-state index is 0.125. The molecule has 0 aromatic carbocycles. The average Bonchev–Trinajstić information content (AvgIpc) is 2.32. The first-order valence-corrected chi connectivity index (χ1v) is 6.89. The van der Waals surface area contributed by atoms with Crippen molar-refractivity contribution < 1.29 is 4.74 Å². The van der Waals surface area contributed by atoms with Gasteiger partial charge in [-0.1, -0.05) is 19.3 Å². The molecule has 1 heterocycles. The molecule has 15 heavy (non-hydrogen) atoms. The van der Waals surface area contributed by atoms with Gasteiger partial charge in [0, 0.05) is 18.5 Å². The van der Waals surface area contributed by atoms with E-state index in [-0.39, 0.29) is 4.75 Å². The molecular formula is C12H19NOS. The van der Waals surface area contributed by atoms with Crippen LogP contribution in [0.25, 0.3) is 0 Å². The molecule has 0 bridgehead atoms. The first kappa shape index (κ1) is 11.3. The van der Waals surface area contributed by atoms with E-state index in [0.717, 1.165) is 31.3 Å². The van der Waals surface area contributed by atoms with Gasteiger partial charge in [-0.25, -0.2) is 0 Å². The summed E-state index contributed by atoms with van der Waals surface area (Å²) in [6.07, 6.45) is 8.57. The Labute approximate surface area is 96.4 Å². The van der Waals surface area contributed by atoms with Gasteiger partial charge in [0.25, 0.3) is 0 Å². The molecule has 0 unspecified atom stereocenters. The van der Waals surface area contributed by atoms with Gasteiger partial charge in [0.2, 0.25) is 0 Å². The van der Waals surface area contributed by atoms with Crippen LogP contribution in [0.2, 0.25) is 0 Å². The summed E-state index contributed by atoms with van der Waals surface area (Å²) in [5.74, 6) is 0. The molecule has 0 atom stereocenters. The Morgan fingerprint density at radius 2 is 1.80 bits per heavy atom. The van der Waals surface area contributed by atoms with Crippen LogP contribution in [-0.4, -0.2) is 23.2 Å². The Bertz CT molecular complexity index is 236. The standard InChI is InChI=1S/C12H19NOS/c13-10-12(6-8-14-9-7-12)15-11-4-2-1-3-5-11/h11H,1-9H2. The molecular weight excluding hydrogens is 206 g/mol. The average molecular weight is 225 g/mol. The first-order valence-electron chi connectivity index (χ1n) is 6.01. The highest BCUT2D eigenvalue weighted by Crippen LogP contribution is 2.42. The zero-order valence-electron chi connectivity index (χ0n) is 9.21. The van der Waals surface area contributed by atoms with E-state index in [1.54, 1.807) is 0 Å². The zero-order valence-corrected chi connectivity index (χ0v) is 10.0. The van der Waals surface area contributed by atoms with Crippen molar-refractivity contribution in [3.63, 3.8) is 0 Å². The van der Waals surface area contributed by atoms with Crippen molar-refractivity contribution >= 4 is 11.8 Å². The lowest BCUT2D eigenvalue weighted by atomic mass is 10.00. The normalized spacial score (nSPS) is 27.1. The van der Waals surface area contributed by atoms with Crippen molar-refractivity contribution in [2.75, 3.05) is 13.2 Å². The second-order valence-corrected chi connectivity index (χ2v) is 6.28. The van der Waals surface area contributed by atoms with Crippen molar-refractivity contribution in [2.24, 2.45) is 0 Å². The topological polar surface area (TPSA) is 33.0 Å². The van der Waals surface area contributed by atoms with Crippen molar-refractivity contribution in [1.29, 1.82) is 5.26 Å². The molecule has 2 rings (SSSR count). The van der Waals surface area contributed by atoms with Crippen molar-refractivity contribution in [3.8, 4) is 6.07 Å². The SMILES string of the molecule is N#CC1(SC2CCCCC2)CCOCC1. The largest absolute Gasteiger partial charge is 0.381 e. The fourth-order valence-electron chi connectivity index (χ4n) is 2.46. The molecule has 84 valence electrons. The lowest BCUT2D eigenvalue weighted by molar-refractivity contribution is 0.0884. The van der Waals surface area contributed by atoms with Gasteiger partial charge in [0.15, 0.2) is 0 Å². The van der Waals surface area contributed by atoms with Crippen LogP contribution in [0.4, 0.5) is 0 Å². The van der Waals surface area contributed by atoms with Crippen LogP contribution in [-0.2, 0) is 4.74 Å². The predicted molar refractivity (Wildman–Crippen MR) is 62.9 cm³/mol. The van der Waals surface area contributed by atoms with Gasteiger partial charge in [0.05, 0.1) is 6.07 Å². The van der Waals surface area contributed by atoms with Gasteiger partial charge in [-0.15, -0.1) is 11.8 Å². The summed E-state index contributed by atoms with van der Waals surface area (Å²) in [6, 6.07) is 2.55. The number of thioether (sulfide) groups is 1. The highest BCUT2D eigenvalue weighted by Gasteiger charge is 2.36. The number of ether oxygens (including phenoxy) is 1. The van der Waals surface area contributed by atoms with E-state index >= 15 is 0 Å². The third kappa shape index (κ3) is 2.89. The van der Waals surface area contributed by atoms with E-state index in [4.69, 9.17) is 4.74 Å². The maximum absolute atomic E-state index is 9.35. The Hall–Kier alpha value is -0.200. The fraction of sp³-hybridized carbons (Fsp3) is 0.917. The summed E-state index contributed by atoms with van der Waals surface area (Å²) >= 11 is 1.95. The van der Waals surface area contributed by atoms with Crippen molar-refractivity contribution in [3.05, 3.63) is 0 Å². The lowest BCUT2D eigenvalue weighted by Crippen LogP contribution is -2.34. The van der Waals surface area contributed by atoms with Crippen LogP contribution in [0.15, 0.2) is 0 Å². The Morgan fingerprint density at radius 1 is 1.13 bits per heavy atom. The van der Waals surface area contributed by atoms with Gasteiger partial charge < -0.3 is 4.74 Å². The number of nitrogens with zero attached hydrogens (tertiary/aromatic N) is 1. The molecule has 0 aromatic rings. The molecule has 3 heteroatoms. The highest BCUT2D eigenvalue weighted by atomic mass is 32.2. The minimum Gasteiger partial charge on any atom is -0.381 e. The van der Waals surface area contributed by atoms with E-state index in [2.05, 4.69) is 6.07 Å². The number of nitriles is 1.